The number of alkyl halides is 1. The SMILES string of the molecule is CN=C(NCCCF)NCC1(C)CCCS1.I. The van der Waals surface area contributed by atoms with Crippen LogP contribution in [-0.4, -0.2) is 43.3 Å². The lowest BCUT2D eigenvalue weighted by atomic mass is 10.1. The summed E-state index contributed by atoms with van der Waals surface area (Å²) in [5.74, 6) is 2.04. The second-order valence-electron chi connectivity index (χ2n) is 4.30. The van der Waals surface area contributed by atoms with E-state index in [9.17, 15) is 4.39 Å². The zero-order valence-corrected chi connectivity index (χ0v) is 13.7. The zero-order chi connectivity index (χ0) is 11.9. The molecule has 0 saturated carbocycles. The first kappa shape index (κ1) is 17.3. The standard InChI is InChI=1S/C11H22FN3S.HI/c1-11(5-3-8-16-11)9-15-10(13-2)14-7-4-6-12;/h3-9H2,1-2H3,(H2,13,14,15);1H. The van der Waals surface area contributed by atoms with Gasteiger partial charge in [-0.15, -0.1) is 24.0 Å². The van der Waals surface area contributed by atoms with Crippen molar-refractivity contribution < 1.29 is 4.39 Å². The van der Waals surface area contributed by atoms with Crippen LogP contribution in [-0.2, 0) is 0 Å². The van der Waals surface area contributed by atoms with Gasteiger partial charge in [-0.2, -0.15) is 11.8 Å². The molecule has 17 heavy (non-hydrogen) atoms. The summed E-state index contributed by atoms with van der Waals surface area (Å²) >= 11 is 2.02. The first-order valence-electron chi connectivity index (χ1n) is 5.85. The summed E-state index contributed by atoms with van der Waals surface area (Å²) in [6, 6.07) is 0. The van der Waals surface area contributed by atoms with Crippen LogP contribution < -0.4 is 10.6 Å². The van der Waals surface area contributed by atoms with E-state index in [1.807, 2.05) is 11.8 Å². The number of nitrogens with one attached hydrogen (secondary N) is 2. The smallest absolute Gasteiger partial charge is 0.191 e. The van der Waals surface area contributed by atoms with E-state index in [1.165, 1.54) is 18.6 Å². The van der Waals surface area contributed by atoms with Crippen LogP contribution in [0.2, 0.25) is 0 Å². The van der Waals surface area contributed by atoms with Crippen LogP contribution in [0.25, 0.3) is 0 Å². The Balaban J connectivity index is 0.00000256. The normalized spacial score (nSPS) is 24.3. The van der Waals surface area contributed by atoms with Gasteiger partial charge in [0.15, 0.2) is 5.96 Å². The highest BCUT2D eigenvalue weighted by atomic mass is 127. The second-order valence-corrected chi connectivity index (χ2v) is 5.98. The predicted octanol–water partition coefficient (Wildman–Crippen LogP) is 2.41. The summed E-state index contributed by atoms with van der Waals surface area (Å²) in [5, 5.41) is 6.41. The maximum absolute atomic E-state index is 11.9. The van der Waals surface area contributed by atoms with E-state index in [1.54, 1.807) is 7.05 Å². The van der Waals surface area contributed by atoms with Crippen molar-refractivity contribution in [1.82, 2.24) is 10.6 Å². The topological polar surface area (TPSA) is 36.4 Å². The number of thioether (sulfide) groups is 1. The molecule has 1 aliphatic rings. The average Bonchev–Trinajstić information content (AvgIpc) is 2.71. The maximum atomic E-state index is 11.9. The number of nitrogens with zero attached hydrogens (tertiary/aromatic N) is 1. The fourth-order valence-corrected chi connectivity index (χ4v) is 2.99. The van der Waals surface area contributed by atoms with Crippen molar-refractivity contribution in [1.29, 1.82) is 0 Å². The Kier molecular flexibility index (Phi) is 9.39. The van der Waals surface area contributed by atoms with E-state index in [-0.39, 0.29) is 30.7 Å². The molecule has 6 heteroatoms. The van der Waals surface area contributed by atoms with Gasteiger partial charge in [0.05, 0.1) is 6.67 Å². The van der Waals surface area contributed by atoms with Gasteiger partial charge >= 0.3 is 0 Å². The molecule has 0 amide bonds. The van der Waals surface area contributed by atoms with Gasteiger partial charge in [-0.3, -0.25) is 9.38 Å². The molecule has 1 atom stereocenters. The highest BCUT2D eigenvalue weighted by Gasteiger charge is 2.29. The van der Waals surface area contributed by atoms with E-state index in [4.69, 9.17) is 0 Å². The highest BCUT2D eigenvalue weighted by molar-refractivity contribution is 14.0. The van der Waals surface area contributed by atoms with Gasteiger partial charge in [-0.05, 0) is 31.9 Å². The Hall–Kier alpha value is 0.280. The highest BCUT2D eigenvalue weighted by Crippen LogP contribution is 2.36. The molecule has 1 aliphatic heterocycles. The lowest BCUT2D eigenvalue weighted by molar-refractivity contribution is 0.470. The van der Waals surface area contributed by atoms with Crippen LogP contribution in [0, 0.1) is 0 Å². The summed E-state index contributed by atoms with van der Waals surface area (Å²) in [6.07, 6.45) is 3.09. The molecule has 1 rings (SSSR count). The molecule has 2 N–H and O–H groups in total. The van der Waals surface area contributed by atoms with E-state index >= 15 is 0 Å². The first-order valence-corrected chi connectivity index (χ1v) is 6.83. The third-order valence-corrected chi connectivity index (χ3v) is 4.29. The Morgan fingerprint density at radius 2 is 2.24 bits per heavy atom. The molecule has 0 spiro atoms. The van der Waals surface area contributed by atoms with Gasteiger partial charge in [0.1, 0.15) is 0 Å². The van der Waals surface area contributed by atoms with Crippen LogP contribution in [0.1, 0.15) is 26.2 Å². The first-order chi connectivity index (χ1) is 7.70. The van der Waals surface area contributed by atoms with Gasteiger partial charge in [0.2, 0.25) is 0 Å². The van der Waals surface area contributed by atoms with Crippen molar-refractivity contribution in [3.05, 3.63) is 0 Å². The second kappa shape index (κ2) is 9.24. The van der Waals surface area contributed by atoms with Gasteiger partial charge < -0.3 is 10.6 Å². The predicted molar refractivity (Wildman–Crippen MR) is 85.5 cm³/mol. The van der Waals surface area contributed by atoms with Crippen LogP contribution in [0.15, 0.2) is 4.99 Å². The summed E-state index contributed by atoms with van der Waals surface area (Å²) in [4.78, 5) is 4.11. The number of aliphatic imine (C=N–C) groups is 1. The summed E-state index contributed by atoms with van der Waals surface area (Å²) in [7, 11) is 1.74. The average molecular weight is 375 g/mol. The number of hydrogen-bond donors (Lipinski definition) is 2. The molecular formula is C11H23FIN3S. The minimum Gasteiger partial charge on any atom is -0.356 e. The minimum absolute atomic E-state index is 0. The number of rotatable bonds is 5. The van der Waals surface area contributed by atoms with Crippen LogP contribution in [0.5, 0.6) is 0 Å². The minimum atomic E-state index is -0.280. The van der Waals surface area contributed by atoms with Gasteiger partial charge in [-0.1, -0.05) is 0 Å². The van der Waals surface area contributed by atoms with Gasteiger partial charge in [0.25, 0.3) is 0 Å². The lowest BCUT2D eigenvalue weighted by Crippen LogP contribution is -2.43. The van der Waals surface area contributed by atoms with E-state index in [0.29, 0.717) is 17.7 Å². The molecule has 0 radical (unpaired) electrons. The number of guanidine groups is 1. The Labute approximate surface area is 125 Å². The van der Waals surface area contributed by atoms with Crippen molar-refractivity contribution in [3.63, 3.8) is 0 Å². The molecule has 0 aromatic rings. The molecule has 1 unspecified atom stereocenters. The summed E-state index contributed by atoms with van der Waals surface area (Å²) < 4.78 is 12.3. The van der Waals surface area contributed by atoms with Crippen molar-refractivity contribution in [2.24, 2.45) is 4.99 Å². The van der Waals surface area contributed by atoms with Crippen LogP contribution >= 0.6 is 35.7 Å². The molecule has 1 heterocycles. The molecule has 0 aliphatic carbocycles. The number of halogens is 2. The molecule has 3 nitrogen and oxygen atoms in total. The lowest BCUT2D eigenvalue weighted by Gasteiger charge is -2.24. The Bertz CT molecular complexity index is 233. The molecule has 0 bridgehead atoms. The molecule has 102 valence electrons. The fourth-order valence-electron chi connectivity index (χ4n) is 1.74. The Morgan fingerprint density at radius 3 is 2.76 bits per heavy atom. The van der Waals surface area contributed by atoms with Crippen molar-refractivity contribution in [2.45, 2.75) is 30.9 Å². The van der Waals surface area contributed by atoms with Crippen molar-refractivity contribution in [2.75, 3.05) is 32.6 Å². The van der Waals surface area contributed by atoms with Gasteiger partial charge in [-0.25, -0.2) is 0 Å². The third kappa shape index (κ3) is 6.69. The number of hydrogen-bond acceptors (Lipinski definition) is 2. The van der Waals surface area contributed by atoms with Crippen molar-refractivity contribution in [3.8, 4) is 0 Å². The van der Waals surface area contributed by atoms with Crippen LogP contribution in [0.3, 0.4) is 0 Å². The summed E-state index contributed by atoms with van der Waals surface area (Å²) in [6.45, 7) is 3.57. The molecule has 0 aromatic carbocycles. The quantitative estimate of drug-likeness (QED) is 0.335. The molecule has 0 aromatic heterocycles. The monoisotopic (exact) mass is 375 g/mol. The van der Waals surface area contributed by atoms with Crippen LogP contribution in [0.4, 0.5) is 4.39 Å². The van der Waals surface area contributed by atoms with Gasteiger partial charge in [0, 0.05) is 24.9 Å². The molecular weight excluding hydrogens is 352 g/mol. The fraction of sp³-hybridized carbons (Fsp3) is 0.909. The largest absolute Gasteiger partial charge is 0.356 e. The van der Waals surface area contributed by atoms with E-state index in [0.717, 1.165) is 12.5 Å². The Morgan fingerprint density at radius 1 is 1.47 bits per heavy atom. The maximum Gasteiger partial charge on any atom is 0.191 e. The molecule has 1 saturated heterocycles. The third-order valence-electron chi connectivity index (χ3n) is 2.76. The summed E-state index contributed by atoms with van der Waals surface area (Å²) in [5.41, 5.74) is 0. The zero-order valence-electron chi connectivity index (χ0n) is 10.6. The van der Waals surface area contributed by atoms with E-state index in [2.05, 4.69) is 22.5 Å². The van der Waals surface area contributed by atoms with Crippen molar-refractivity contribution >= 4 is 41.7 Å². The molecule has 1 fully saturated rings. The van der Waals surface area contributed by atoms with E-state index < -0.39 is 0 Å².